The Morgan fingerprint density at radius 3 is 2.68 bits per heavy atom. The molecule has 0 radical (unpaired) electrons. The van der Waals surface area contributed by atoms with Crippen LogP contribution < -0.4 is 10.2 Å². The molecule has 2 aromatic rings. The molecule has 1 saturated heterocycles. The van der Waals surface area contributed by atoms with Gasteiger partial charge < -0.3 is 0 Å². The summed E-state index contributed by atoms with van der Waals surface area (Å²) in [5, 5.41) is 13.5. The number of benzene rings is 1. The van der Waals surface area contributed by atoms with Gasteiger partial charge in [-0.1, -0.05) is 29.0 Å². The van der Waals surface area contributed by atoms with Gasteiger partial charge in [0.05, 0.1) is 10.6 Å². The van der Waals surface area contributed by atoms with E-state index in [1.54, 1.807) is 18.2 Å². The monoisotopic (exact) mass is 393 g/mol. The molecule has 0 atom stereocenters. The molecular weight excluding hydrogens is 386 g/mol. The van der Waals surface area contributed by atoms with E-state index in [-0.39, 0.29) is 15.7 Å². The molecule has 10 heteroatoms. The number of nitrogens with zero attached hydrogens (tertiary/aromatic N) is 2. The van der Waals surface area contributed by atoms with E-state index in [2.05, 4.69) is 5.32 Å². The highest BCUT2D eigenvalue weighted by Crippen LogP contribution is 2.28. The number of thiocarbonyl (C=S) groups is 1. The van der Waals surface area contributed by atoms with Crippen LogP contribution in [0.4, 0.5) is 10.7 Å². The van der Waals surface area contributed by atoms with E-state index in [0.717, 1.165) is 16.2 Å². The first-order valence-electron chi connectivity index (χ1n) is 6.78. The van der Waals surface area contributed by atoms with Crippen molar-refractivity contribution in [3.63, 3.8) is 0 Å². The summed E-state index contributed by atoms with van der Waals surface area (Å²) >= 11 is 11.9. The van der Waals surface area contributed by atoms with Gasteiger partial charge in [0.1, 0.15) is 5.57 Å². The van der Waals surface area contributed by atoms with Crippen molar-refractivity contribution in [2.45, 2.75) is 0 Å². The Bertz CT molecular complexity index is 954. The molecule has 2 heterocycles. The smallest absolute Gasteiger partial charge is 0.298 e. The highest BCUT2D eigenvalue weighted by molar-refractivity contribution is 7.80. The molecule has 1 fully saturated rings. The van der Waals surface area contributed by atoms with Gasteiger partial charge in [-0.25, -0.2) is 0 Å². The maximum Gasteiger partial charge on any atom is 0.324 e. The zero-order chi connectivity index (χ0) is 18.1. The molecule has 2 amide bonds. The van der Waals surface area contributed by atoms with Crippen molar-refractivity contribution in [3.05, 3.63) is 62.0 Å². The second kappa shape index (κ2) is 6.71. The van der Waals surface area contributed by atoms with Crippen LogP contribution in [0.25, 0.3) is 6.08 Å². The fourth-order valence-electron chi connectivity index (χ4n) is 2.17. The van der Waals surface area contributed by atoms with Crippen LogP contribution in [-0.2, 0) is 9.59 Å². The molecule has 1 aromatic carbocycles. The minimum Gasteiger partial charge on any atom is -0.298 e. The fourth-order valence-corrected chi connectivity index (χ4v) is 3.40. The van der Waals surface area contributed by atoms with Crippen molar-refractivity contribution in [1.82, 2.24) is 5.32 Å². The molecule has 7 nitrogen and oxygen atoms in total. The molecule has 0 saturated carbocycles. The summed E-state index contributed by atoms with van der Waals surface area (Å²) in [6.45, 7) is 0. The summed E-state index contributed by atoms with van der Waals surface area (Å²) in [5.74, 6) is -1.29. The molecule has 0 aliphatic carbocycles. The van der Waals surface area contributed by atoms with Gasteiger partial charge >= 0.3 is 5.00 Å². The first kappa shape index (κ1) is 17.2. The van der Waals surface area contributed by atoms with E-state index in [1.807, 2.05) is 0 Å². The Hall–Kier alpha value is -2.62. The second-order valence-corrected chi connectivity index (χ2v) is 6.79. The van der Waals surface area contributed by atoms with Crippen molar-refractivity contribution >= 4 is 68.8 Å². The zero-order valence-electron chi connectivity index (χ0n) is 12.3. The maximum atomic E-state index is 12.7. The summed E-state index contributed by atoms with van der Waals surface area (Å²) in [6.07, 6.45) is 1.30. The van der Waals surface area contributed by atoms with E-state index in [9.17, 15) is 19.7 Å². The van der Waals surface area contributed by atoms with Gasteiger partial charge in [-0.3, -0.25) is 29.9 Å². The van der Waals surface area contributed by atoms with Crippen LogP contribution in [0.2, 0.25) is 5.02 Å². The Labute approximate surface area is 155 Å². The average molecular weight is 394 g/mol. The SMILES string of the molecule is O=C1NC(=S)N(c2cccc(Cl)c2)C(=O)/C1=C\c1ccc([N+](=O)[O-])s1. The van der Waals surface area contributed by atoms with Crippen LogP contribution in [0.3, 0.4) is 0 Å². The standard InChI is InChI=1S/C15H8ClN3O4S2/c16-8-2-1-3-9(6-8)18-14(21)11(13(20)17-15(18)24)7-10-4-5-12(25-10)19(22)23/h1-7H,(H,17,20,24)/b11-7-. The van der Waals surface area contributed by atoms with Crippen molar-refractivity contribution < 1.29 is 14.5 Å². The lowest BCUT2D eigenvalue weighted by Crippen LogP contribution is -2.54. The number of hydrogen-bond acceptors (Lipinski definition) is 6. The average Bonchev–Trinajstić information content (AvgIpc) is 3.00. The number of halogens is 1. The molecule has 126 valence electrons. The molecule has 1 aromatic heterocycles. The number of carbonyl (C=O) groups is 2. The van der Waals surface area contributed by atoms with Crippen LogP contribution in [-0.4, -0.2) is 21.9 Å². The van der Waals surface area contributed by atoms with E-state index < -0.39 is 16.7 Å². The van der Waals surface area contributed by atoms with E-state index in [1.165, 1.54) is 24.3 Å². The third kappa shape index (κ3) is 3.43. The van der Waals surface area contributed by atoms with Gasteiger partial charge in [0, 0.05) is 16.0 Å². The lowest BCUT2D eigenvalue weighted by atomic mass is 10.1. The molecular formula is C15H8ClN3O4S2. The third-order valence-corrected chi connectivity index (χ3v) is 4.75. The molecule has 1 N–H and O–H groups in total. The predicted octanol–water partition coefficient (Wildman–Crippen LogP) is 3.14. The van der Waals surface area contributed by atoms with Crippen molar-refractivity contribution in [2.24, 2.45) is 0 Å². The van der Waals surface area contributed by atoms with Crippen LogP contribution in [0.15, 0.2) is 42.0 Å². The molecule has 1 aliphatic heterocycles. The highest BCUT2D eigenvalue weighted by atomic mass is 35.5. The van der Waals surface area contributed by atoms with Crippen molar-refractivity contribution in [1.29, 1.82) is 0 Å². The first-order chi connectivity index (χ1) is 11.9. The minimum absolute atomic E-state index is 0.0634. The van der Waals surface area contributed by atoms with Gasteiger partial charge in [0.25, 0.3) is 11.8 Å². The minimum atomic E-state index is -0.663. The fraction of sp³-hybridized carbons (Fsp3) is 0. The molecule has 0 unspecified atom stereocenters. The second-order valence-electron chi connectivity index (χ2n) is 4.87. The highest BCUT2D eigenvalue weighted by Gasteiger charge is 2.34. The molecule has 1 aliphatic rings. The van der Waals surface area contributed by atoms with Crippen LogP contribution in [0, 0.1) is 10.1 Å². The van der Waals surface area contributed by atoms with Gasteiger partial charge in [0.15, 0.2) is 5.11 Å². The topological polar surface area (TPSA) is 92.6 Å². The van der Waals surface area contributed by atoms with Gasteiger partial charge in [0.2, 0.25) is 0 Å². The number of rotatable bonds is 3. The third-order valence-electron chi connectivity index (χ3n) is 3.25. The summed E-state index contributed by atoms with van der Waals surface area (Å²) in [6, 6.07) is 9.23. The quantitative estimate of drug-likeness (QED) is 0.284. The Kier molecular flexibility index (Phi) is 4.62. The number of thiophene rings is 1. The predicted molar refractivity (Wildman–Crippen MR) is 98.6 cm³/mol. The van der Waals surface area contributed by atoms with Crippen LogP contribution >= 0.6 is 35.2 Å². The molecule has 3 rings (SSSR count). The summed E-state index contributed by atoms with van der Waals surface area (Å²) in [7, 11) is 0. The molecule has 25 heavy (non-hydrogen) atoms. The summed E-state index contributed by atoms with van der Waals surface area (Å²) < 4.78 is 0. The number of hydrogen-bond donors (Lipinski definition) is 1. The Morgan fingerprint density at radius 2 is 2.04 bits per heavy atom. The largest absolute Gasteiger partial charge is 0.324 e. The van der Waals surface area contributed by atoms with E-state index in [4.69, 9.17) is 23.8 Å². The maximum absolute atomic E-state index is 12.7. The van der Waals surface area contributed by atoms with Crippen LogP contribution in [0.1, 0.15) is 4.88 Å². The van der Waals surface area contributed by atoms with Gasteiger partial charge in [-0.2, -0.15) is 0 Å². The Balaban J connectivity index is 2.00. The number of carbonyl (C=O) groups excluding carboxylic acids is 2. The Morgan fingerprint density at radius 1 is 1.28 bits per heavy atom. The summed E-state index contributed by atoms with van der Waals surface area (Å²) in [4.78, 5) is 36.6. The van der Waals surface area contributed by atoms with Crippen molar-refractivity contribution in [3.8, 4) is 0 Å². The lowest BCUT2D eigenvalue weighted by molar-refractivity contribution is -0.380. The number of nitro groups is 1. The first-order valence-corrected chi connectivity index (χ1v) is 8.38. The van der Waals surface area contributed by atoms with E-state index >= 15 is 0 Å². The van der Waals surface area contributed by atoms with Crippen molar-refractivity contribution in [2.75, 3.05) is 4.90 Å². The zero-order valence-corrected chi connectivity index (χ0v) is 14.7. The molecule has 0 bridgehead atoms. The lowest BCUT2D eigenvalue weighted by Gasteiger charge is -2.28. The molecule has 0 spiro atoms. The van der Waals surface area contributed by atoms with E-state index in [0.29, 0.717) is 15.6 Å². The van der Waals surface area contributed by atoms with Gasteiger partial charge in [-0.15, -0.1) is 0 Å². The number of anilines is 1. The van der Waals surface area contributed by atoms with Crippen LogP contribution in [0.5, 0.6) is 0 Å². The van der Waals surface area contributed by atoms with Gasteiger partial charge in [-0.05, 0) is 42.6 Å². The number of amides is 2. The summed E-state index contributed by atoms with van der Waals surface area (Å²) in [5.41, 5.74) is 0.232. The normalized spacial score (nSPS) is 16.3. The number of nitrogens with one attached hydrogen (secondary N) is 1.